The molecule has 11 nitrogen and oxygen atoms in total. The lowest BCUT2D eigenvalue weighted by Gasteiger charge is -2.45. The molecule has 0 spiro atoms. The van der Waals surface area contributed by atoms with Gasteiger partial charge in [-0.25, -0.2) is 8.42 Å². The van der Waals surface area contributed by atoms with Gasteiger partial charge < -0.3 is 28.7 Å². The number of carbonyl (C=O) groups is 2. The molecule has 0 radical (unpaired) electrons. The summed E-state index contributed by atoms with van der Waals surface area (Å²) < 4.78 is 92.8. The predicted molar refractivity (Wildman–Crippen MR) is 212 cm³/mol. The third kappa shape index (κ3) is 8.84. The van der Waals surface area contributed by atoms with E-state index in [0.717, 1.165) is 43.8 Å². The first-order chi connectivity index (χ1) is 27.5. The van der Waals surface area contributed by atoms with Gasteiger partial charge in [-0.05, 0) is 99.6 Å². The van der Waals surface area contributed by atoms with E-state index < -0.39 is 55.6 Å². The molecular weight excluding hydrogens is 799 g/mol. The Kier molecular flexibility index (Phi) is 13.4. The third-order valence-electron chi connectivity index (χ3n) is 11.4. The smallest absolute Gasteiger partial charge is 0.497 e. The number of methoxy groups -OCH3 is 2. The highest BCUT2D eigenvalue weighted by atomic mass is 35.5. The Morgan fingerprint density at radius 3 is 2.38 bits per heavy atom. The van der Waals surface area contributed by atoms with Gasteiger partial charge in [0.1, 0.15) is 21.9 Å². The molecule has 1 aliphatic carbocycles. The van der Waals surface area contributed by atoms with Crippen molar-refractivity contribution >= 4 is 33.1 Å². The molecule has 2 saturated heterocycles. The Hall–Kier alpha value is -3.89. The van der Waals surface area contributed by atoms with E-state index >= 15 is 4.79 Å². The third-order valence-corrected chi connectivity index (χ3v) is 13.9. The Balaban J connectivity index is 1.54. The number of nitrogens with zero attached hydrogens (tertiary/aromatic N) is 3. The number of fused-ring (bicyclic) bond motifs is 1. The summed E-state index contributed by atoms with van der Waals surface area (Å²) in [6.07, 6.45) is -1.78. The number of amides is 1. The molecule has 2 aliphatic heterocycles. The van der Waals surface area contributed by atoms with Crippen LogP contribution in [-0.2, 0) is 29.7 Å². The molecule has 316 valence electrons. The number of piperidine rings is 1. The highest BCUT2D eigenvalue weighted by molar-refractivity contribution is 7.91. The fourth-order valence-corrected chi connectivity index (χ4v) is 10.9. The van der Waals surface area contributed by atoms with Crippen LogP contribution in [0.4, 0.5) is 13.2 Å². The second-order valence-electron chi connectivity index (χ2n) is 15.4. The summed E-state index contributed by atoms with van der Waals surface area (Å²) in [5.74, 6) is -1.45. The maximum absolute atomic E-state index is 15.5. The summed E-state index contributed by atoms with van der Waals surface area (Å²) in [5.41, 5.74) is -0.430. The number of benzene rings is 3. The quantitative estimate of drug-likeness (QED) is 0.130. The van der Waals surface area contributed by atoms with Crippen LogP contribution in [0.15, 0.2) is 59.5 Å². The molecular formula is C42H51ClF3N3O8S. The fourth-order valence-electron chi connectivity index (χ4n) is 8.81. The van der Waals surface area contributed by atoms with Gasteiger partial charge in [0.25, 0.3) is 0 Å². The molecule has 6 rings (SSSR count). The number of ketones is 1. The highest BCUT2D eigenvalue weighted by Crippen LogP contribution is 2.53. The first kappa shape index (κ1) is 43.7. The summed E-state index contributed by atoms with van der Waals surface area (Å²) in [5, 5.41) is -1.37. The number of hydrogen-bond acceptors (Lipinski definition) is 10. The van der Waals surface area contributed by atoms with Crippen LogP contribution in [0.3, 0.4) is 0 Å². The van der Waals surface area contributed by atoms with E-state index in [1.807, 2.05) is 13.0 Å². The lowest BCUT2D eigenvalue weighted by atomic mass is 9.74. The van der Waals surface area contributed by atoms with Crippen LogP contribution in [0, 0.1) is 6.92 Å². The van der Waals surface area contributed by atoms with Crippen LogP contribution in [-0.4, -0.2) is 114 Å². The summed E-state index contributed by atoms with van der Waals surface area (Å²) in [6.45, 7) is 5.37. The van der Waals surface area contributed by atoms with Gasteiger partial charge in [0.2, 0.25) is 5.91 Å². The van der Waals surface area contributed by atoms with Crippen LogP contribution < -0.4 is 14.2 Å². The Bertz CT molecular complexity index is 2100. The highest BCUT2D eigenvalue weighted by Gasteiger charge is 2.58. The SMILES string of the molecule is COc1ccc(S(=O)(=O)C2CCC(=O)C(c3cc(C)ccc3OC)(N3C[C@H](OCCCN4CCCCC4)C[C@H]3C(=O)N(C)C)c3cc(Cl)ccc32)c(OC(F)(F)F)c1. The molecule has 1 amide bonds. The lowest BCUT2D eigenvalue weighted by Crippen LogP contribution is -2.58. The van der Waals surface area contributed by atoms with Gasteiger partial charge in [-0.15, -0.1) is 13.2 Å². The van der Waals surface area contributed by atoms with Crippen LogP contribution in [0.5, 0.6) is 17.2 Å². The van der Waals surface area contributed by atoms with E-state index in [1.165, 1.54) is 62.6 Å². The van der Waals surface area contributed by atoms with Gasteiger partial charge in [0.05, 0.1) is 31.6 Å². The second kappa shape index (κ2) is 17.8. The minimum atomic E-state index is -5.23. The molecule has 0 bridgehead atoms. The zero-order valence-electron chi connectivity index (χ0n) is 33.4. The van der Waals surface area contributed by atoms with E-state index in [4.69, 9.17) is 25.8 Å². The molecule has 3 aromatic carbocycles. The Labute approximate surface area is 343 Å². The average molecular weight is 850 g/mol. The molecule has 4 atom stereocenters. The van der Waals surface area contributed by atoms with Crippen LogP contribution in [0.25, 0.3) is 0 Å². The molecule has 3 aliphatic rings. The number of halogens is 4. The largest absolute Gasteiger partial charge is 0.573 e. The molecule has 58 heavy (non-hydrogen) atoms. The van der Waals surface area contributed by atoms with Crippen LogP contribution in [0.2, 0.25) is 5.02 Å². The van der Waals surface area contributed by atoms with Crippen molar-refractivity contribution in [2.24, 2.45) is 0 Å². The molecule has 0 N–H and O–H groups in total. The zero-order chi connectivity index (χ0) is 42.0. The van der Waals surface area contributed by atoms with Gasteiger partial charge in [-0.2, -0.15) is 0 Å². The van der Waals surface area contributed by atoms with Crippen molar-refractivity contribution in [1.82, 2.24) is 14.7 Å². The predicted octanol–water partition coefficient (Wildman–Crippen LogP) is 7.11. The molecule has 0 aromatic heterocycles. The van der Waals surface area contributed by atoms with Gasteiger partial charge >= 0.3 is 6.36 Å². The number of sulfone groups is 1. The molecule has 16 heteroatoms. The van der Waals surface area contributed by atoms with Gasteiger partial charge in [0.15, 0.2) is 21.4 Å². The van der Waals surface area contributed by atoms with Crippen LogP contribution >= 0.6 is 11.6 Å². The van der Waals surface area contributed by atoms with Crippen molar-refractivity contribution in [1.29, 1.82) is 0 Å². The monoisotopic (exact) mass is 849 g/mol. The number of hydrogen-bond donors (Lipinski definition) is 0. The number of likely N-dealkylation sites (tertiary alicyclic amines) is 2. The number of alkyl halides is 3. The first-order valence-electron chi connectivity index (χ1n) is 19.5. The molecule has 2 unspecified atom stereocenters. The number of ether oxygens (including phenoxy) is 4. The minimum absolute atomic E-state index is 0.0547. The number of carbonyl (C=O) groups excluding carboxylic acids is 2. The summed E-state index contributed by atoms with van der Waals surface area (Å²) in [4.78, 5) is 34.8. The van der Waals surface area contributed by atoms with Crippen molar-refractivity contribution in [3.8, 4) is 17.2 Å². The maximum atomic E-state index is 15.5. The van der Waals surface area contributed by atoms with Crippen molar-refractivity contribution in [3.05, 3.63) is 81.9 Å². The van der Waals surface area contributed by atoms with Crippen molar-refractivity contribution < 1.29 is 50.1 Å². The van der Waals surface area contributed by atoms with Crippen molar-refractivity contribution in [3.63, 3.8) is 0 Å². The Morgan fingerprint density at radius 2 is 1.71 bits per heavy atom. The minimum Gasteiger partial charge on any atom is -0.497 e. The lowest BCUT2D eigenvalue weighted by molar-refractivity contribution is -0.275. The van der Waals surface area contributed by atoms with Crippen molar-refractivity contribution in [2.75, 3.05) is 61.1 Å². The normalized spacial score (nSPS) is 23.3. The summed E-state index contributed by atoms with van der Waals surface area (Å²) in [7, 11) is 1.20. The number of likely N-dealkylation sites (N-methyl/N-ethyl adjacent to an activating group) is 1. The van der Waals surface area contributed by atoms with E-state index in [2.05, 4.69) is 9.64 Å². The summed E-state index contributed by atoms with van der Waals surface area (Å²) >= 11 is 6.77. The Morgan fingerprint density at radius 1 is 0.966 bits per heavy atom. The van der Waals surface area contributed by atoms with Gasteiger partial charge in [-0.3, -0.25) is 14.5 Å². The maximum Gasteiger partial charge on any atom is 0.573 e. The number of Topliss-reactive ketones (excluding diaryl/α,β-unsaturated/α-hetero) is 1. The molecule has 2 fully saturated rings. The van der Waals surface area contributed by atoms with E-state index in [-0.39, 0.29) is 53.6 Å². The molecule has 3 aromatic rings. The fraction of sp³-hybridized carbons (Fsp3) is 0.524. The second-order valence-corrected chi connectivity index (χ2v) is 17.9. The average Bonchev–Trinajstić information content (AvgIpc) is 3.55. The summed E-state index contributed by atoms with van der Waals surface area (Å²) in [6, 6.07) is 12.0. The number of aryl methyl sites for hydroxylation is 1. The first-order valence-corrected chi connectivity index (χ1v) is 21.4. The van der Waals surface area contributed by atoms with Crippen LogP contribution in [0.1, 0.15) is 72.4 Å². The van der Waals surface area contributed by atoms with E-state index in [0.29, 0.717) is 17.9 Å². The molecule has 2 heterocycles. The van der Waals surface area contributed by atoms with Gasteiger partial charge in [-0.1, -0.05) is 35.7 Å². The standard InChI is InChI=1S/C42H51ClF3N3O8S/c1-27-10-14-35(55-5)33(22-27)41(49-26-30(24-34(49)40(51)47(2)3)56-21-9-20-48-18-7-6-8-19-48)32-23-28(43)11-13-31(32)37(16-17-39(41)50)58(52,53)38-15-12-29(54-4)25-36(38)57-42(44,45)46/h10-15,22-23,25,30,34,37H,6-9,16-21,24,26H2,1-5H3/t30-,34+,37?,41?/m1/s1. The van der Waals surface area contributed by atoms with Gasteiger partial charge in [0, 0.05) is 56.9 Å². The van der Waals surface area contributed by atoms with E-state index in [9.17, 15) is 26.4 Å². The number of rotatable bonds is 13. The zero-order valence-corrected chi connectivity index (χ0v) is 35.0. The van der Waals surface area contributed by atoms with Crippen molar-refractivity contribution in [2.45, 2.75) is 86.1 Å². The topological polar surface area (TPSA) is 115 Å². The van der Waals surface area contributed by atoms with E-state index in [1.54, 1.807) is 31.1 Å². The molecule has 0 saturated carbocycles.